The number of rotatable bonds is 9. The third-order valence-electron chi connectivity index (χ3n) is 10.7. The van der Waals surface area contributed by atoms with Crippen molar-refractivity contribution in [2.75, 3.05) is 64.4 Å². The van der Waals surface area contributed by atoms with Gasteiger partial charge in [-0.2, -0.15) is 5.26 Å². The zero-order valence-electron chi connectivity index (χ0n) is 31.3. The molecular weight excluding hydrogens is 675 g/mol. The molecule has 3 aliphatic heterocycles. The molecule has 2 fully saturated rings. The number of carbonyl (C=O) groups is 2. The van der Waals surface area contributed by atoms with Gasteiger partial charge in [0.05, 0.1) is 17.2 Å². The van der Waals surface area contributed by atoms with Crippen molar-refractivity contribution < 1.29 is 28.2 Å². The van der Waals surface area contributed by atoms with E-state index in [9.17, 15) is 14.9 Å². The molecule has 2 saturated heterocycles. The number of likely N-dealkylation sites (tertiary alicyclic amines) is 1. The number of nitrogens with zero attached hydrogens (tertiary/aromatic N) is 5. The highest BCUT2D eigenvalue weighted by molar-refractivity contribution is 6.15. The fourth-order valence-electron chi connectivity index (χ4n) is 8.02. The predicted molar refractivity (Wildman–Crippen MR) is 203 cm³/mol. The Bertz CT molecular complexity index is 2140. The van der Waals surface area contributed by atoms with Gasteiger partial charge in [-0.05, 0) is 101 Å². The number of nitrogens with one attached hydrogen (secondary N) is 1. The minimum Gasteiger partial charge on any atom is -0.468 e. The van der Waals surface area contributed by atoms with Crippen molar-refractivity contribution in [2.45, 2.75) is 69.9 Å². The van der Waals surface area contributed by atoms with Crippen LogP contribution in [0.4, 0.5) is 20.7 Å². The number of unbranched alkanes of at least 4 members (excludes halogenated alkanes) is 1. The number of benzene rings is 3. The number of hydrogen-bond donors (Lipinski definition) is 1. The average Bonchev–Trinajstić information content (AvgIpc) is 3.36. The van der Waals surface area contributed by atoms with E-state index >= 15 is 4.39 Å². The lowest BCUT2D eigenvalue weighted by Gasteiger charge is -2.44. The van der Waals surface area contributed by atoms with E-state index in [1.54, 1.807) is 12.0 Å². The number of amides is 2. The van der Waals surface area contributed by atoms with Crippen LogP contribution < -0.4 is 15.0 Å². The van der Waals surface area contributed by atoms with E-state index in [4.69, 9.17) is 19.2 Å². The molecule has 1 aromatic heterocycles. The minimum absolute atomic E-state index is 0.0251. The third kappa shape index (κ3) is 6.61. The lowest BCUT2D eigenvalue weighted by atomic mass is 9.73. The number of aromatic nitrogens is 1. The van der Waals surface area contributed by atoms with Crippen molar-refractivity contribution >= 4 is 45.2 Å². The smallest absolute Gasteiger partial charge is 0.410 e. The number of nitriles is 1. The first-order valence-electron chi connectivity index (χ1n) is 18.3. The van der Waals surface area contributed by atoms with Crippen LogP contribution in [0.25, 0.3) is 32.8 Å². The van der Waals surface area contributed by atoms with E-state index in [-0.39, 0.29) is 30.8 Å². The van der Waals surface area contributed by atoms with Gasteiger partial charge in [-0.15, -0.1) is 0 Å². The van der Waals surface area contributed by atoms with Gasteiger partial charge in [-0.1, -0.05) is 24.3 Å². The number of hydrogen-bond acceptors (Lipinski definition) is 9. The van der Waals surface area contributed by atoms with Crippen molar-refractivity contribution in [1.29, 1.82) is 5.26 Å². The summed E-state index contributed by atoms with van der Waals surface area (Å²) in [5, 5.41) is 14.9. The van der Waals surface area contributed by atoms with Crippen LogP contribution in [0.15, 0.2) is 42.5 Å². The minimum atomic E-state index is -1.15. The van der Waals surface area contributed by atoms with E-state index in [0.717, 1.165) is 10.8 Å². The zero-order valence-corrected chi connectivity index (χ0v) is 31.3. The molecular formula is C41H47FN6O5. The van der Waals surface area contributed by atoms with Gasteiger partial charge >= 0.3 is 6.09 Å². The second-order valence-electron chi connectivity index (χ2n) is 15.6. The Kier molecular flexibility index (Phi) is 9.68. The molecule has 4 aromatic rings. The Balaban J connectivity index is 1.49. The van der Waals surface area contributed by atoms with E-state index in [1.165, 1.54) is 0 Å². The summed E-state index contributed by atoms with van der Waals surface area (Å²) >= 11 is 0. The standard InChI is InChI=1S/C41H47FN6O5/c1-40(2,3)53-39(50)47-17-11-15-41(23-47)33-31-19-26(13-9-10-16-43)32(30-20-28(52-24-51-6)18-25-12-7-8-14-29(25)30)34(42)35(31)44-37(36(33)45-38(41)49)48-21-27(22-48)46(4)5/h7-8,12,14,18-20,27H,9-11,13,15,17,21-24H2,1-6H3,(H,45,49). The molecule has 7 rings (SSSR count). The van der Waals surface area contributed by atoms with Gasteiger partial charge in [-0.3, -0.25) is 4.79 Å². The molecule has 1 spiro atoms. The van der Waals surface area contributed by atoms with Crippen LogP contribution >= 0.6 is 0 Å². The molecule has 278 valence electrons. The largest absolute Gasteiger partial charge is 0.468 e. The number of ether oxygens (including phenoxy) is 3. The van der Waals surface area contributed by atoms with Crippen LogP contribution in [0.3, 0.4) is 0 Å². The highest BCUT2D eigenvalue weighted by atomic mass is 19.1. The molecule has 1 atom stereocenters. The van der Waals surface area contributed by atoms with E-state index < -0.39 is 22.9 Å². The molecule has 0 radical (unpaired) electrons. The summed E-state index contributed by atoms with van der Waals surface area (Å²) in [5.41, 5.74) is 1.25. The number of carbonyl (C=O) groups excluding carboxylic acids is 2. The molecule has 1 N–H and O–H groups in total. The fourth-order valence-corrected chi connectivity index (χ4v) is 8.02. The summed E-state index contributed by atoms with van der Waals surface area (Å²) < 4.78 is 34.8. The first-order valence-corrected chi connectivity index (χ1v) is 18.3. The Labute approximate surface area is 309 Å². The average molecular weight is 723 g/mol. The third-order valence-corrected chi connectivity index (χ3v) is 10.7. The van der Waals surface area contributed by atoms with Gasteiger partial charge < -0.3 is 34.2 Å². The number of aryl methyl sites for hydroxylation is 1. The van der Waals surface area contributed by atoms with Crippen LogP contribution in [-0.4, -0.2) is 92.6 Å². The second kappa shape index (κ2) is 14.1. The van der Waals surface area contributed by atoms with Crippen LogP contribution in [0.5, 0.6) is 5.75 Å². The number of likely N-dealkylation sites (N-methyl/N-ethyl adjacent to an activating group) is 1. The Morgan fingerprint density at radius 2 is 1.94 bits per heavy atom. The van der Waals surface area contributed by atoms with E-state index in [0.29, 0.717) is 96.6 Å². The Morgan fingerprint density at radius 3 is 2.66 bits per heavy atom. The lowest BCUT2D eigenvalue weighted by molar-refractivity contribution is -0.122. The second-order valence-corrected chi connectivity index (χ2v) is 15.6. The monoisotopic (exact) mass is 722 g/mol. The van der Waals surface area contributed by atoms with E-state index in [2.05, 4.69) is 21.2 Å². The van der Waals surface area contributed by atoms with Crippen LogP contribution in [-0.2, 0) is 26.1 Å². The molecule has 1 unspecified atom stereocenters. The van der Waals surface area contributed by atoms with Crippen LogP contribution in [0.2, 0.25) is 0 Å². The number of pyridine rings is 1. The normalized spacial score (nSPS) is 18.7. The number of halogens is 1. The van der Waals surface area contributed by atoms with Crippen LogP contribution in [0, 0.1) is 17.1 Å². The molecule has 4 heterocycles. The van der Waals surface area contributed by atoms with Crippen molar-refractivity contribution in [3.05, 3.63) is 59.4 Å². The fraction of sp³-hybridized carbons (Fsp3) is 0.463. The molecule has 0 bridgehead atoms. The summed E-state index contributed by atoms with van der Waals surface area (Å²) in [6.45, 7) is 7.34. The van der Waals surface area contributed by atoms with Gasteiger partial charge in [0.2, 0.25) is 5.91 Å². The zero-order chi connectivity index (χ0) is 37.7. The highest BCUT2D eigenvalue weighted by Gasteiger charge is 2.53. The summed E-state index contributed by atoms with van der Waals surface area (Å²) in [4.78, 5) is 38.8. The van der Waals surface area contributed by atoms with Crippen molar-refractivity contribution in [2.24, 2.45) is 0 Å². The SMILES string of the molecule is COCOc1cc(-c2c(CCCC#N)cc3c4c(c(N5CC(N(C)C)C5)nc3c2F)NC(=O)C42CCCN(C(=O)OC(C)(C)C)C2)c2ccccc2c1. The first kappa shape index (κ1) is 36.4. The maximum Gasteiger partial charge on any atom is 0.410 e. The topological polar surface area (TPSA) is 120 Å². The Morgan fingerprint density at radius 1 is 1.17 bits per heavy atom. The van der Waals surface area contributed by atoms with Crippen molar-refractivity contribution in [3.8, 4) is 22.9 Å². The predicted octanol–water partition coefficient (Wildman–Crippen LogP) is 6.99. The molecule has 0 aliphatic carbocycles. The number of fused-ring (bicyclic) bond motifs is 5. The quantitative estimate of drug-likeness (QED) is 0.144. The summed E-state index contributed by atoms with van der Waals surface area (Å²) in [6, 6.07) is 16.0. The first-order chi connectivity index (χ1) is 25.3. The highest BCUT2D eigenvalue weighted by Crippen LogP contribution is 2.52. The Hall–Kier alpha value is -4.99. The maximum absolute atomic E-state index is 17.9. The number of anilines is 2. The molecule has 11 nitrogen and oxygen atoms in total. The van der Waals surface area contributed by atoms with Crippen LogP contribution in [0.1, 0.15) is 57.6 Å². The lowest BCUT2D eigenvalue weighted by Crippen LogP contribution is -2.57. The van der Waals surface area contributed by atoms with Gasteiger partial charge in [0, 0.05) is 62.3 Å². The summed E-state index contributed by atoms with van der Waals surface area (Å²) in [7, 11) is 5.60. The van der Waals surface area contributed by atoms with Crippen molar-refractivity contribution in [3.63, 3.8) is 0 Å². The van der Waals surface area contributed by atoms with Gasteiger partial charge in [0.1, 0.15) is 16.9 Å². The molecule has 12 heteroatoms. The summed E-state index contributed by atoms with van der Waals surface area (Å²) in [6.07, 6.45) is 1.77. The van der Waals surface area contributed by atoms with Gasteiger partial charge in [0.15, 0.2) is 18.4 Å². The van der Waals surface area contributed by atoms with Gasteiger partial charge in [-0.25, -0.2) is 14.2 Å². The van der Waals surface area contributed by atoms with Crippen molar-refractivity contribution in [1.82, 2.24) is 14.8 Å². The molecule has 53 heavy (non-hydrogen) atoms. The molecule has 0 saturated carbocycles. The molecule has 2 amide bonds. The van der Waals surface area contributed by atoms with E-state index in [1.807, 2.05) is 77.3 Å². The molecule has 3 aliphatic rings. The maximum atomic E-state index is 17.9. The number of methoxy groups -OCH3 is 1. The van der Waals surface area contributed by atoms with Gasteiger partial charge in [0.25, 0.3) is 0 Å². The molecule has 3 aromatic carbocycles. The number of piperidine rings is 1. The summed E-state index contributed by atoms with van der Waals surface area (Å²) in [5.74, 6) is 0.311.